The number of fused-ring (bicyclic) bond motifs is 2. The highest BCUT2D eigenvalue weighted by molar-refractivity contribution is 4.94. The van der Waals surface area contributed by atoms with E-state index < -0.39 is 5.60 Å². The molecule has 2 heteroatoms. The highest BCUT2D eigenvalue weighted by atomic mass is 16.3. The van der Waals surface area contributed by atoms with Crippen LogP contribution in [0.3, 0.4) is 0 Å². The molecule has 0 aliphatic heterocycles. The minimum atomic E-state index is -0.578. The van der Waals surface area contributed by atoms with E-state index >= 15 is 0 Å². The van der Waals surface area contributed by atoms with Crippen molar-refractivity contribution in [1.29, 1.82) is 0 Å². The van der Waals surface area contributed by atoms with Gasteiger partial charge >= 0.3 is 0 Å². The van der Waals surface area contributed by atoms with Gasteiger partial charge < -0.3 is 10.4 Å². The lowest BCUT2D eigenvalue weighted by atomic mass is 9.84. The Morgan fingerprint density at radius 1 is 1.33 bits per heavy atom. The van der Waals surface area contributed by atoms with Crippen molar-refractivity contribution in [3.05, 3.63) is 0 Å². The Balaban J connectivity index is 1.79. The summed E-state index contributed by atoms with van der Waals surface area (Å²) in [6, 6.07) is 0.576. The Morgan fingerprint density at radius 3 is 2.53 bits per heavy atom. The molecule has 2 aliphatic rings. The molecule has 2 saturated carbocycles. The molecular weight excluding hydrogens is 186 g/mol. The van der Waals surface area contributed by atoms with Crippen molar-refractivity contribution in [2.45, 2.75) is 58.1 Å². The normalized spacial score (nSPS) is 37.2. The van der Waals surface area contributed by atoms with Crippen LogP contribution in [0.15, 0.2) is 0 Å². The van der Waals surface area contributed by atoms with Gasteiger partial charge in [-0.3, -0.25) is 0 Å². The first kappa shape index (κ1) is 11.4. The van der Waals surface area contributed by atoms with Crippen LogP contribution in [-0.4, -0.2) is 23.3 Å². The molecule has 4 unspecified atom stereocenters. The fourth-order valence-electron chi connectivity index (χ4n) is 3.47. The van der Waals surface area contributed by atoms with E-state index in [0.29, 0.717) is 12.6 Å². The van der Waals surface area contributed by atoms with Gasteiger partial charge in [0.05, 0.1) is 5.60 Å². The van der Waals surface area contributed by atoms with Crippen LogP contribution in [0.4, 0.5) is 0 Å². The molecule has 0 heterocycles. The number of hydrogen-bond donors (Lipinski definition) is 2. The number of aliphatic hydroxyl groups is 1. The number of nitrogens with one attached hydrogen (secondary N) is 1. The Kier molecular flexibility index (Phi) is 3.09. The fourth-order valence-corrected chi connectivity index (χ4v) is 3.47. The topological polar surface area (TPSA) is 32.3 Å². The van der Waals surface area contributed by atoms with Gasteiger partial charge in [0, 0.05) is 12.6 Å². The average molecular weight is 211 g/mol. The summed E-state index contributed by atoms with van der Waals surface area (Å²) >= 11 is 0. The summed E-state index contributed by atoms with van der Waals surface area (Å²) in [7, 11) is 0. The van der Waals surface area contributed by atoms with Gasteiger partial charge in [-0.25, -0.2) is 0 Å². The minimum Gasteiger partial charge on any atom is -0.389 e. The van der Waals surface area contributed by atoms with Gasteiger partial charge in [0.25, 0.3) is 0 Å². The second-order valence-electron chi connectivity index (χ2n) is 6.32. The Morgan fingerprint density at radius 2 is 2.07 bits per heavy atom. The summed E-state index contributed by atoms with van der Waals surface area (Å²) in [5.41, 5.74) is -0.578. The average Bonchev–Trinajstić information content (AvgIpc) is 2.73. The van der Waals surface area contributed by atoms with Crippen LogP contribution in [0.25, 0.3) is 0 Å². The molecular formula is C13H25NO. The maximum absolute atomic E-state index is 9.68. The SMILES string of the molecule is CC(NCC(C)(C)O)C1CC2CCC1C2. The molecule has 2 N–H and O–H groups in total. The lowest BCUT2D eigenvalue weighted by molar-refractivity contribution is 0.0722. The molecule has 15 heavy (non-hydrogen) atoms. The van der Waals surface area contributed by atoms with Gasteiger partial charge in [-0.05, 0) is 57.8 Å². The molecule has 2 bridgehead atoms. The third-order valence-corrected chi connectivity index (χ3v) is 4.29. The Hall–Kier alpha value is -0.0800. The first-order chi connectivity index (χ1) is 6.96. The molecule has 4 atom stereocenters. The van der Waals surface area contributed by atoms with Gasteiger partial charge in [-0.2, -0.15) is 0 Å². The molecule has 0 aromatic heterocycles. The lowest BCUT2D eigenvalue weighted by Crippen LogP contribution is -2.43. The van der Waals surface area contributed by atoms with Crippen LogP contribution in [0.2, 0.25) is 0 Å². The predicted octanol–water partition coefficient (Wildman–Crippen LogP) is 2.17. The summed E-state index contributed by atoms with van der Waals surface area (Å²) in [5, 5.41) is 13.2. The number of hydrogen-bond acceptors (Lipinski definition) is 2. The molecule has 2 rings (SSSR count). The van der Waals surface area contributed by atoms with Crippen LogP contribution >= 0.6 is 0 Å². The zero-order chi connectivity index (χ0) is 11.1. The quantitative estimate of drug-likeness (QED) is 0.747. The predicted molar refractivity (Wildman–Crippen MR) is 62.7 cm³/mol. The van der Waals surface area contributed by atoms with Gasteiger partial charge in [0.2, 0.25) is 0 Å². The first-order valence-electron chi connectivity index (χ1n) is 6.41. The van der Waals surface area contributed by atoms with Gasteiger partial charge in [0.1, 0.15) is 0 Å². The molecule has 0 spiro atoms. The molecule has 88 valence electrons. The maximum Gasteiger partial charge on any atom is 0.0715 e. The highest BCUT2D eigenvalue weighted by Crippen LogP contribution is 2.49. The van der Waals surface area contributed by atoms with Crippen LogP contribution in [0.1, 0.15) is 46.5 Å². The zero-order valence-corrected chi connectivity index (χ0v) is 10.3. The molecule has 2 nitrogen and oxygen atoms in total. The van der Waals surface area contributed by atoms with E-state index in [9.17, 15) is 5.11 Å². The second kappa shape index (κ2) is 4.06. The molecule has 0 radical (unpaired) electrons. The molecule has 0 saturated heterocycles. The Bertz CT molecular complexity index is 221. The van der Waals surface area contributed by atoms with Gasteiger partial charge in [-0.15, -0.1) is 0 Å². The van der Waals surface area contributed by atoms with Crippen LogP contribution in [-0.2, 0) is 0 Å². The van der Waals surface area contributed by atoms with Gasteiger partial charge in [0.15, 0.2) is 0 Å². The van der Waals surface area contributed by atoms with E-state index in [0.717, 1.165) is 17.8 Å². The smallest absolute Gasteiger partial charge is 0.0715 e. The van der Waals surface area contributed by atoms with Crippen molar-refractivity contribution < 1.29 is 5.11 Å². The van der Waals surface area contributed by atoms with Crippen molar-refractivity contribution in [2.24, 2.45) is 17.8 Å². The van der Waals surface area contributed by atoms with E-state index in [1.54, 1.807) is 0 Å². The zero-order valence-electron chi connectivity index (χ0n) is 10.3. The van der Waals surface area contributed by atoms with Crippen molar-refractivity contribution in [1.82, 2.24) is 5.32 Å². The molecule has 0 aromatic rings. The van der Waals surface area contributed by atoms with Crippen molar-refractivity contribution in [3.8, 4) is 0 Å². The lowest BCUT2D eigenvalue weighted by Gasteiger charge is -2.30. The molecule has 0 amide bonds. The summed E-state index contributed by atoms with van der Waals surface area (Å²) < 4.78 is 0. The van der Waals surface area contributed by atoms with Crippen LogP contribution in [0.5, 0.6) is 0 Å². The summed E-state index contributed by atoms with van der Waals surface area (Å²) in [5.74, 6) is 2.86. The summed E-state index contributed by atoms with van der Waals surface area (Å²) in [6.07, 6.45) is 5.81. The standard InChI is InChI=1S/C13H25NO/c1-9(14-8-13(2,3)15)12-7-10-4-5-11(12)6-10/h9-12,14-15H,4-8H2,1-3H3. The van der Waals surface area contributed by atoms with Crippen molar-refractivity contribution in [3.63, 3.8) is 0 Å². The Labute approximate surface area is 93.5 Å². The van der Waals surface area contributed by atoms with E-state index in [4.69, 9.17) is 0 Å². The molecule has 0 aromatic carbocycles. The van der Waals surface area contributed by atoms with E-state index in [-0.39, 0.29) is 0 Å². The van der Waals surface area contributed by atoms with E-state index in [2.05, 4.69) is 12.2 Å². The van der Waals surface area contributed by atoms with Gasteiger partial charge in [-0.1, -0.05) is 6.42 Å². The summed E-state index contributed by atoms with van der Waals surface area (Å²) in [4.78, 5) is 0. The maximum atomic E-state index is 9.68. The third kappa shape index (κ3) is 2.73. The summed E-state index contributed by atoms with van der Waals surface area (Å²) in [6.45, 7) is 6.74. The number of rotatable bonds is 4. The fraction of sp³-hybridized carbons (Fsp3) is 1.00. The van der Waals surface area contributed by atoms with Crippen molar-refractivity contribution in [2.75, 3.05) is 6.54 Å². The third-order valence-electron chi connectivity index (χ3n) is 4.29. The molecule has 2 fully saturated rings. The van der Waals surface area contributed by atoms with Crippen molar-refractivity contribution >= 4 is 0 Å². The first-order valence-corrected chi connectivity index (χ1v) is 6.41. The second-order valence-corrected chi connectivity index (χ2v) is 6.32. The minimum absolute atomic E-state index is 0.576. The monoisotopic (exact) mass is 211 g/mol. The van der Waals surface area contributed by atoms with E-state index in [1.165, 1.54) is 25.7 Å². The molecule has 2 aliphatic carbocycles. The van der Waals surface area contributed by atoms with Crippen LogP contribution in [0, 0.1) is 17.8 Å². The van der Waals surface area contributed by atoms with E-state index in [1.807, 2.05) is 13.8 Å². The largest absolute Gasteiger partial charge is 0.389 e. The highest BCUT2D eigenvalue weighted by Gasteiger charge is 2.41. The van der Waals surface area contributed by atoms with Crippen LogP contribution < -0.4 is 5.32 Å².